The van der Waals surface area contributed by atoms with Gasteiger partial charge in [-0.1, -0.05) is 6.07 Å². The van der Waals surface area contributed by atoms with Gasteiger partial charge in [-0.05, 0) is 106 Å². The summed E-state index contributed by atoms with van der Waals surface area (Å²) < 4.78 is 23.5. The van der Waals surface area contributed by atoms with Crippen molar-refractivity contribution < 1.29 is 19.0 Å². The lowest BCUT2D eigenvalue weighted by atomic mass is 9.50. The van der Waals surface area contributed by atoms with Crippen LogP contribution in [0.4, 0.5) is 4.39 Å². The van der Waals surface area contributed by atoms with E-state index in [-0.39, 0.29) is 22.8 Å². The number of amides is 1. The summed E-state index contributed by atoms with van der Waals surface area (Å²) in [5, 5.41) is 14.7. The molecule has 202 valence electrons. The van der Waals surface area contributed by atoms with Gasteiger partial charge >= 0.3 is 0 Å². The molecule has 2 aromatic carbocycles. The topological polar surface area (TPSA) is 85.5 Å². The van der Waals surface area contributed by atoms with Crippen molar-refractivity contribution in [1.82, 2.24) is 14.5 Å². The van der Waals surface area contributed by atoms with Gasteiger partial charge in [-0.3, -0.25) is 14.2 Å². The monoisotopic (exact) mass is 529 g/mol. The van der Waals surface area contributed by atoms with Crippen LogP contribution in [0.2, 0.25) is 0 Å². The number of carbonyl (C=O) groups is 1. The summed E-state index contributed by atoms with van der Waals surface area (Å²) in [4.78, 5) is 27.3. The third kappa shape index (κ3) is 4.14. The largest absolute Gasteiger partial charge is 0.455 e. The van der Waals surface area contributed by atoms with Crippen LogP contribution in [0, 0.1) is 25.6 Å². The van der Waals surface area contributed by atoms with Gasteiger partial charge < -0.3 is 19.7 Å². The molecule has 0 aliphatic heterocycles. The van der Waals surface area contributed by atoms with Crippen LogP contribution >= 0.6 is 0 Å². The predicted octanol–water partition coefficient (Wildman–Crippen LogP) is 5.39. The fraction of sp³-hybridized carbons (Fsp3) is 0.355. The molecule has 2 bridgehead atoms. The van der Waals surface area contributed by atoms with E-state index < -0.39 is 5.60 Å². The van der Waals surface area contributed by atoms with Crippen molar-refractivity contribution in [3.8, 4) is 17.2 Å². The number of aromatic nitrogens is 2. The quantitative estimate of drug-likeness (QED) is 0.351. The minimum Gasteiger partial charge on any atom is -0.455 e. The van der Waals surface area contributed by atoms with Crippen molar-refractivity contribution in [3.63, 3.8) is 0 Å². The van der Waals surface area contributed by atoms with E-state index in [4.69, 9.17) is 4.74 Å². The number of hydrogen-bond acceptors (Lipinski definition) is 4. The fourth-order valence-corrected chi connectivity index (χ4v) is 5.98. The molecule has 8 heteroatoms. The number of fused-ring (bicyclic) bond motifs is 1. The maximum Gasteiger partial charge on any atom is 0.275 e. The molecule has 0 saturated heterocycles. The van der Waals surface area contributed by atoms with Crippen LogP contribution in [0.3, 0.4) is 0 Å². The van der Waals surface area contributed by atoms with Crippen molar-refractivity contribution in [2.45, 2.75) is 58.1 Å². The maximum absolute atomic E-state index is 14.0. The maximum atomic E-state index is 14.0. The minimum atomic E-state index is -1.20. The first-order valence-electron chi connectivity index (χ1n) is 13.2. The van der Waals surface area contributed by atoms with E-state index in [0.717, 1.165) is 19.3 Å². The summed E-state index contributed by atoms with van der Waals surface area (Å²) in [6.07, 6.45) is 4.61. The third-order valence-corrected chi connectivity index (χ3v) is 8.22. The molecule has 0 radical (unpaired) electrons. The van der Waals surface area contributed by atoms with E-state index in [9.17, 15) is 19.1 Å². The highest BCUT2D eigenvalue weighted by Gasteiger charge is 2.57. The van der Waals surface area contributed by atoms with Gasteiger partial charge in [0, 0.05) is 24.2 Å². The Morgan fingerprint density at radius 2 is 1.77 bits per heavy atom. The van der Waals surface area contributed by atoms with E-state index in [1.807, 2.05) is 0 Å². The predicted molar refractivity (Wildman–Crippen MR) is 147 cm³/mol. The van der Waals surface area contributed by atoms with E-state index >= 15 is 0 Å². The van der Waals surface area contributed by atoms with Crippen LogP contribution < -0.4 is 15.6 Å². The van der Waals surface area contributed by atoms with Gasteiger partial charge in [0.15, 0.2) is 5.75 Å². The second-order valence-electron chi connectivity index (χ2n) is 11.8. The smallest absolute Gasteiger partial charge is 0.275 e. The van der Waals surface area contributed by atoms with Gasteiger partial charge in [-0.2, -0.15) is 0 Å². The Balaban J connectivity index is 1.59. The highest BCUT2D eigenvalue weighted by Crippen LogP contribution is 2.57. The Hall–Kier alpha value is -3.91. The van der Waals surface area contributed by atoms with Crippen LogP contribution in [0.15, 0.2) is 53.5 Å². The van der Waals surface area contributed by atoms with Gasteiger partial charge in [0.05, 0.1) is 11.3 Å². The molecule has 2 aromatic heterocycles. The number of carbonyl (C=O) groups excluding carboxylic acids is 1. The zero-order valence-corrected chi connectivity index (χ0v) is 22.8. The molecule has 39 heavy (non-hydrogen) atoms. The SMILES string of the molecule is Cc1cc(F)cc(C)c1Oc1ccc(C(C)(C)O)cc1-n1c(C(=O)NC23CC(C2)C3)cc2ccn(C)c(=O)c21. The molecular weight excluding hydrogens is 497 g/mol. The summed E-state index contributed by atoms with van der Waals surface area (Å²) >= 11 is 0. The summed E-state index contributed by atoms with van der Waals surface area (Å²) in [6.45, 7) is 6.87. The van der Waals surface area contributed by atoms with Gasteiger partial charge in [0.25, 0.3) is 11.5 Å². The Bertz CT molecular complexity index is 1690. The number of halogens is 1. The van der Waals surface area contributed by atoms with Crippen LogP contribution in [0.25, 0.3) is 16.6 Å². The zero-order chi connectivity index (χ0) is 27.9. The molecule has 1 amide bonds. The number of nitrogens with zero attached hydrogens (tertiary/aromatic N) is 2. The third-order valence-electron chi connectivity index (χ3n) is 8.22. The van der Waals surface area contributed by atoms with Crippen molar-refractivity contribution in [2.24, 2.45) is 13.0 Å². The number of pyridine rings is 1. The number of aryl methyl sites for hydroxylation is 3. The first-order chi connectivity index (χ1) is 18.3. The van der Waals surface area contributed by atoms with E-state index in [2.05, 4.69) is 5.32 Å². The van der Waals surface area contributed by atoms with Crippen LogP contribution in [0.5, 0.6) is 11.5 Å². The molecule has 0 unspecified atom stereocenters. The molecular formula is C31H32FN3O4. The molecule has 2 N–H and O–H groups in total. The van der Waals surface area contributed by atoms with E-state index in [0.29, 0.717) is 56.4 Å². The summed E-state index contributed by atoms with van der Waals surface area (Å²) in [5.41, 5.74) is 1.24. The van der Waals surface area contributed by atoms with Crippen molar-refractivity contribution >= 4 is 16.8 Å². The fourth-order valence-electron chi connectivity index (χ4n) is 5.98. The van der Waals surface area contributed by atoms with Crippen LogP contribution in [0.1, 0.15) is 60.3 Å². The molecule has 3 fully saturated rings. The standard InChI is InChI=1S/C31H32FN3O4/c1-17-10-22(32)11-18(2)27(17)39-25-7-6-21(30(3,4)38)13-23(25)35-24(28(36)33-31-14-19(15-31)16-31)12-20-8-9-34(5)29(37)26(20)35/h6-13,19,38H,14-16H2,1-5H3,(H,33,36). The second kappa shape index (κ2) is 8.55. The highest BCUT2D eigenvalue weighted by atomic mass is 19.1. The Kier molecular flexibility index (Phi) is 5.56. The van der Waals surface area contributed by atoms with Crippen LogP contribution in [-0.4, -0.2) is 25.7 Å². The molecule has 3 saturated carbocycles. The van der Waals surface area contributed by atoms with Gasteiger partial charge in [0.1, 0.15) is 22.8 Å². The van der Waals surface area contributed by atoms with Gasteiger partial charge in [0.2, 0.25) is 0 Å². The van der Waals surface area contributed by atoms with Gasteiger partial charge in [-0.25, -0.2) is 4.39 Å². The lowest BCUT2D eigenvalue weighted by Gasteiger charge is -2.61. The highest BCUT2D eigenvalue weighted by molar-refractivity contribution is 6.00. The molecule has 2 heterocycles. The molecule has 0 spiro atoms. The Morgan fingerprint density at radius 3 is 2.36 bits per heavy atom. The van der Waals surface area contributed by atoms with Gasteiger partial charge in [-0.15, -0.1) is 0 Å². The molecule has 7 rings (SSSR count). The number of aliphatic hydroxyl groups is 1. The number of ether oxygens (including phenoxy) is 1. The van der Waals surface area contributed by atoms with Crippen molar-refractivity contribution in [2.75, 3.05) is 0 Å². The van der Waals surface area contributed by atoms with E-state index in [1.165, 1.54) is 16.7 Å². The molecule has 3 aliphatic rings. The van der Waals surface area contributed by atoms with Crippen molar-refractivity contribution in [1.29, 1.82) is 0 Å². The first kappa shape index (κ1) is 25.4. The summed E-state index contributed by atoms with van der Waals surface area (Å²) in [6, 6.07) is 11.5. The average molecular weight is 530 g/mol. The number of nitrogens with one attached hydrogen (secondary N) is 1. The van der Waals surface area contributed by atoms with Crippen LogP contribution in [-0.2, 0) is 12.6 Å². The Labute approximate surface area is 225 Å². The Morgan fingerprint density at radius 1 is 1.10 bits per heavy atom. The lowest BCUT2D eigenvalue weighted by Crippen LogP contribution is -2.68. The number of hydrogen-bond donors (Lipinski definition) is 2. The zero-order valence-electron chi connectivity index (χ0n) is 22.8. The first-order valence-corrected chi connectivity index (χ1v) is 13.2. The summed E-state index contributed by atoms with van der Waals surface area (Å²) in [5.74, 6) is 0.915. The number of benzene rings is 2. The second-order valence-corrected chi connectivity index (χ2v) is 11.8. The molecule has 7 nitrogen and oxygen atoms in total. The molecule has 0 atom stereocenters. The van der Waals surface area contributed by atoms with Crippen molar-refractivity contribution in [3.05, 3.63) is 87.2 Å². The van der Waals surface area contributed by atoms with E-state index in [1.54, 1.807) is 75.8 Å². The minimum absolute atomic E-state index is 0.162. The lowest BCUT2D eigenvalue weighted by molar-refractivity contribution is -0.0440. The summed E-state index contributed by atoms with van der Waals surface area (Å²) in [7, 11) is 1.66. The normalized spacial score (nSPS) is 19.9. The molecule has 4 aromatic rings. The number of rotatable bonds is 6. The average Bonchev–Trinajstić information content (AvgIpc) is 3.20. The molecule has 3 aliphatic carbocycles.